The fraction of sp³-hybridized carbons (Fsp3) is 0.231. The monoisotopic (exact) mass is 531 g/mol. The Labute approximate surface area is 217 Å². The summed E-state index contributed by atoms with van der Waals surface area (Å²) in [5, 5.41) is 2.65. The largest absolute Gasteiger partial charge is 4.00 e. The van der Waals surface area contributed by atoms with E-state index in [2.05, 4.69) is 114 Å². The molecule has 0 N–H and O–H groups in total. The molecular formula is C26H31Cl2SiZr. The van der Waals surface area contributed by atoms with Gasteiger partial charge in [0.25, 0.3) is 0 Å². The summed E-state index contributed by atoms with van der Waals surface area (Å²) in [5.41, 5.74) is 8.35. The van der Waals surface area contributed by atoms with E-state index >= 15 is 0 Å². The van der Waals surface area contributed by atoms with Crippen LogP contribution >= 0.6 is 0 Å². The number of benzene rings is 2. The first-order chi connectivity index (χ1) is 13.0. The fourth-order valence-electron chi connectivity index (χ4n) is 3.16. The summed E-state index contributed by atoms with van der Waals surface area (Å²) in [5.74, 6) is 0. The molecule has 0 nitrogen and oxygen atoms in total. The predicted molar refractivity (Wildman–Crippen MR) is 125 cm³/mol. The SMILES string of the molecule is C[SiH]C.Cc1c[c-](C)c(C)c1C.[Cl-].[Cl-].[Zr+4].c1ccc(-c2cccc3[cH-]ccc23)cc1. The first kappa shape index (κ1) is 31.3. The fourth-order valence-corrected chi connectivity index (χ4v) is 3.16. The van der Waals surface area contributed by atoms with Crippen LogP contribution < -0.4 is 24.8 Å². The van der Waals surface area contributed by atoms with Gasteiger partial charge in [-0.15, -0.1) is 29.0 Å². The molecule has 0 saturated heterocycles. The van der Waals surface area contributed by atoms with Gasteiger partial charge in [0.1, 0.15) is 0 Å². The van der Waals surface area contributed by atoms with Gasteiger partial charge < -0.3 is 24.8 Å². The summed E-state index contributed by atoms with van der Waals surface area (Å²) < 4.78 is 0. The van der Waals surface area contributed by atoms with Gasteiger partial charge in [-0.05, 0) is 5.56 Å². The number of hydrogen-bond donors (Lipinski definition) is 0. The summed E-state index contributed by atoms with van der Waals surface area (Å²) in [6, 6.07) is 25.7. The third kappa shape index (κ3) is 8.31. The van der Waals surface area contributed by atoms with Crippen molar-refractivity contribution in [3.8, 4) is 11.1 Å². The number of fused-ring (bicyclic) bond motifs is 1. The maximum Gasteiger partial charge on any atom is 4.00 e. The quantitative estimate of drug-likeness (QED) is 0.256. The Morgan fingerprint density at radius 3 is 1.90 bits per heavy atom. The number of halogens is 2. The minimum absolute atomic E-state index is 0. The zero-order chi connectivity index (χ0) is 19.8. The van der Waals surface area contributed by atoms with Crippen molar-refractivity contribution in [3.63, 3.8) is 0 Å². The Bertz CT molecular complexity index is 949. The molecule has 30 heavy (non-hydrogen) atoms. The molecule has 1 radical (unpaired) electrons. The van der Waals surface area contributed by atoms with Crippen LogP contribution in [0.2, 0.25) is 13.1 Å². The smallest absolute Gasteiger partial charge is 1.00 e. The second-order valence-corrected chi connectivity index (χ2v) is 8.19. The van der Waals surface area contributed by atoms with E-state index in [1.165, 1.54) is 44.2 Å². The first-order valence-corrected chi connectivity index (χ1v) is 11.9. The van der Waals surface area contributed by atoms with E-state index < -0.39 is 0 Å². The molecule has 4 aromatic carbocycles. The topological polar surface area (TPSA) is 0 Å². The Morgan fingerprint density at radius 1 is 0.833 bits per heavy atom. The predicted octanol–water partition coefficient (Wildman–Crippen LogP) is 1.39. The summed E-state index contributed by atoms with van der Waals surface area (Å²) >= 11 is 0. The Kier molecular flexibility index (Phi) is 16.5. The van der Waals surface area contributed by atoms with Crippen LogP contribution in [0.3, 0.4) is 0 Å². The zero-order valence-electron chi connectivity index (χ0n) is 18.8. The molecule has 0 aliphatic rings. The molecule has 0 heterocycles. The van der Waals surface area contributed by atoms with Gasteiger partial charge in [0.05, 0.1) is 0 Å². The molecule has 4 heteroatoms. The van der Waals surface area contributed by atoms with Crippen LogP contribution in [-0.2, 0) is 26.2 Å². The number of aryl methyl sites for hydroxylation is 2. The van der Waals surface area contributed by atoms with Crippen molar-refractivity contribution in [2.75, 3.05) is 0 Å². The van der Waals surface area contributed by atoms with Gasteiger partial charge in [-0.2, -0.15) is 40.5 Å². The molecular weight excluding hydrogens is 503 g/mol. The molecule has 0 aliphatic carbocycles. The van der Waals surface area contributed by atoms with Gasteiger partial charge in [-0.1, -0.05) is 82.8 Å². The van der Waals surface area contributed by atoms with E-state index in [9.17, 15) is 0 Å². The van der Waals surface area contributed by atoms with Crippen LogP contribution in [0, 0.1) is 27.7 Å². The van der Waals surface area contributed by atoms with E-state index in [0.717, 1.165) is 9.52 Å². The molecule has 0 aliphatic heterocycles. The van der Waals surface area contributed by atoms with Crippen molar-refractivity contribution in [1.82, 2.24) is 0 Å². The summed E-state index contributed by atoms with van der Waals surface area (Å²) in [6.07, 6.45) is 0. The van der Waals surface area contributed by atoms with Crippen molar-refractivity contribution in [3.05, 3.63) is 95.1 Å². The van der Waals surface area contributed by atoms with Crippen LogP contribution in [0.4, 0.5) is 0 Å². The van der Waals surface area contributed by atoms with Crippen molar-refractivity contribution in [1.29, 1.82) is 0 Å². The molecule has 157 valence electrons. The third-order valence-electron chi connectivity index (χ3n) is 4.94. The van der Waals surface area contributed by atoms with Gasteiger partial charge in [0.15, 0.2) is 0 Å². The zero-order valence-corrected chi connectivity index (χ0v) is 23.9. The van der Waals surface area contributed by atoms with Crippen LogP contribution in [0.1, 0.15) is 22.3 Å². The van der Waals surface area contributed by atoms with E-state index in [4.69, 9.17) is 0 Å². The minimum Gasteiger partial charge on any atom is -1.00 e. The molecule has 0 spiro atoms. The standard InChI is InChI=1S/C15H11.C9H13.C2H7Si.2ClH.Zr/c1-2-6-12(7-3-1)14-10-4-8-13-9-5-11-15(13)14;1-6-5-7(2)9(4)8(6)3;1-3-2;;;/h1-11H;5H,1-4H3;3H,1-2H3;2*1H;/q2*-1;;;;+4/p-2. The average Bonchev–Trinajstić information content (AvgIpc) is 3.24. The normalized spacial score (nSPS) is 9.00. The Balaban J connectivity index is 0. The minimum atomic E-state index is 0. The first-order valence-electron chi connectivity index (χ1n) is 9.63. The average molecular weight is 534 g/mol. The molecule has 0 aromatic heterocycles. The van der Waals surface area contributed by atoms with Crippen LogP contribution in [0.5, 0.6) is 0 Å². The molecule has 0 bridgehead atoms. The summed E-state index contributed by atoms with van der Waals surface area (Å²) in [7, 11) is 0.750. The molecule has 4 rings (SSSR count). The van der Waals surface area contributed by atoms with E-state index in [1.807, 2.05) is 0 Å². The third-order valence-corrected chi connectivity index (χ3v) is 4.94. The van der Waals surface area contributed by atoms with Gasteiger partial charge in [0.2, 0.25) is 0 Å². The maximum absolute atomic E-state index is 2.24. The van der Waals surface area contributed by atoms with Crippen molar-refractivity contribution in [2.24, 2.45) is 0 Å². The molecule has 0 saturated carbocycles. The van der Waals surface area contributed by atoms with E-state index in [1.54, 1.807) is 0 Å². The molecule has 0 amide bonds. The van der Waals surface area contributed by atoms with Crippen molar-refractivity contribution >= 4 is 20.3 Å². The maximum atomic E-state index is 2.24. The molecule has 0 atom stereocenters. The van der Waals surface area contributed by atoms with Crippen molar-refractivity contribution < 1.29 is 51.0 Å². The van der Waals surface area contributed by atoms with Crippen LogP contribution in [0.15, 0.2) is 72.8 Å². The summed E-state index contributed by atoms with van der Waals surface area (Å²) in [6.45, 7) is 13.1. The number of hydrogen-bond acceptors (Lipinski definition) is 0. The van der Waals surface area contributed by atoms with Crippen LogP contribution in [0.25, 0.3) is 21.9 Å². The van der Waals surface area contributed by atoms with Crippen molar-refractivity contribution in [2.45, 2.75) is 40.8 Å². The van der Waals surface area contributed by atoms with Gasteiger partial charge >= 0.3 is 26.2 Å². The van der Waals surface area contributed by atoms with Gasteiger partial charge in [-0.25, -0.2) is 0 Å². The summed E-state index contributed by atoms with van der Waals surface area (Å²) in [4.78, 5) is 0. The second-order valence-electron chi connectivity index (χ2n) is 7.04. The van der Waals surface area contributed by atoms with E-state index in [0.29, 0.717) is 0 Å². The van der Waals surface area contributed by atoms with Gasteiger partial charge in [0, 0.05) is 9.52 Å². The molecule has 0 fully saturated rings. The van der Waals surface area contributed by atoms with Gasteiger partial charge in [-0.3, -0.25) is 0 Å². The molecule has 0 unspecified atom stereocenters. The second kappa shape index (κ2) is 15.8. The molecule has 4 aromatic rings. The van der Waals surface area contributed by atoms with Crippen LogP contribution in [-0.4, -0.2) is 9.52 Å². The van der Waals surface area contributed by atoms with E-state index in [-0.39, 0.29) is 51.0 Å². The number of rotatable bonds is 1. The Morgan fingerprint density at radius 2 is 1.43 bits per heavy atom. The Hall–Kier alpha value is -0.920.